The summed E-state index contributed by atoms with van der Waals surface area (Å²) in [5.74, 6) is 0.554. The van der Waals surface area contributed by atoms with Gasteiger partial charge in [0.1, 0.15) is 18.0 Å². The summed E-state index contributed by atoms with van der Waals surface area (Å²) in [6, 6.07) is 4.43. The lowest BCUT2D eigenvalue weighted by Gasteiger charge is -2.36. The third kappa shape index (κ3) is 5.65. The van der Waals surface area contributed by atoms with Crippen molar-refractivity contribution < 1.29 is 23.5 Å². The number of nitriles is 1. The molecule has 0 bridgehead atoms. The number of nitrogens with one attached hydrogen (secondary N) is 3. The predicted molar refractivity (Wildman–Crippen MR) is 138 cm³/mol. The Hall–Kier alpha value is -4.58. The largest absolute Gasteiger partial charge is 0.453 e. The van der Waals surface area contributed by atoms with E-state index in [1.54, 1.807) is 4.90 Å². The number of amides is 2. The quantitative estimate of drug-likeness (QED) is 0.334. The number of carbonyl (C=O) groups is 2. The average molecular weight is 559 g/mol. The molecule has 14 nitrogen and oxygen atoms in total. The second-order valence-electron chi connectivity index (χ2n) is 9.04. The standard InChI is InChI=1S/C23H24ClFN10O4/c1-38-23(37)31-15-4-5-34(10-14(15)25)17-7-13(39-21(27)36)6-16(18(17)24)30-22-32-19(29-11-2-3-11)20-28-9-12(8-26)35(20)33-22/h6-7,9,11,14-15H,2-5,10H2,1H3,(H2,27,36)(H,31,37)(H2,29,30,32,33)/t14-,15+/m0/s1. The first-order chi connectivity index (χ1) is 18.7. The topological polar surface area (TPSA) is 185 Å². The molecule has 0 radical (unpaired) electrons. The molecule has 1 aliphatic heterocycles. The van der Waals surface area contributed by atoms with Gasteiger partial charge in [-0.15, -0.1) is 5.10 Å². The van der Waals surface area contributed by atoms with Gasteiger partial charge in [0.25, 0.3) is 0 Å². The number of hydrogen-bond acceptors (Lipinski definition) is 11. The number of hydrogen-bond donors (Lipinski definition) is 4. The zero-order chi connectivity index (χ0) is 27.7. The zero-order valence-electron chi connectivity index (χ0n) is 20.6. The number of anilines is 4. The van der Waals surface area contributed by atoms with E-state index in [4.69, 9.17) is 22.1 Å². The molecular weight excluding hydrogens is 535 g/mol. The number of imidazole rings is 1. The highest BCUT2D eigenvalue weighted by Crippen LogP contribution is 2.40. The van der Waals surface area contributed by atoms with Crippen LogP contribution in [0.1, 0.15) is 25.0 Å². The number of alkyl carbamates (subject to hydrolysis) is 1. The molecule has 204 valence electrons. The number of ether oxygens (including phenoxy) is 2. The third-order valence-electron chi connectivity index (χ3n) is 6.26. The third-order valence-corrected chi connectivity index (χ3v) is 6.65. The van der Waals surface area contributed by atoms with E-state index in [0.29, 0.717) is 23.7 Å². The molecule has 2 aliphatic rings. The Bertz CT molecular complexity index is 1470. The Kier molecular flexibility index (Phi) is 7.11. The molecule has 0 spiro atoms. The molecule has 1 saturated heterocycles. The average Bonchev–Trinajstić information content (AvgIpc) is 3.62. The molecule has 39 heavy (non-hydrogen) atoms. The van der Waals surface area contributed by atoms with Gasteiger partial charge in [0.15, 0.2) is 17.2 Å². The number of primary amides is 1. The SMILES string of the molecule is COC(=O)N[C@@H]1CCN(c2cc(OC(N)=O)cc(Nc3nc(NC4CC4)c4ncc(C#N)n4n3)c2Cl)C[C@@H]1F. The molecule has 1 aromatic carbocycles. The van der Waals surface area contributed by atoms with E-state index >= 15 is 0 Å². The molecule has 3 aromatic rings. The van der Waals surface area contributed by atoms with Crippen LogP contribution in [0.3, 0.4) is 0 Å². The van der Waals surface area contributed by atoms with Crippen molar-refractivity contribution in [2.75, 3.05) is 35.7 Å². The van der Waals surface area contributed by atoms with Crippen LogP contribution in [-0.4, -0.2) is 70.2 Å². The fraction of sp³-hybridized carbons (Fsp3) is 0.391. The van der Waals surface area contributed by atoms with E-state index in [0.717, 1.165) is 12.8 Å². The first-order valence-corrected chi connectivity index (χ1v) is 12.4. The highest BCUT2D eigenvalue weighted by atomic mass is 35.5. The smallest absolute Gasteiger partial charge is 0.409 e. The minimum absolute atomic E-state index is 0.0485. The van der Waals surface area contributed by atoms with E-state index in [-0.39, 0.29) is 47.1 Å². The molecule has 5 N–H and O–H groups in total. The van der Waals surface area contributed by atoms with Crippen LogP contribution in [0.5, 0.6) is 5.75 Å². The van der Waals surface area contributed by atoms with Gasteiger partial charge in [-0.3, -0.25) is 0 Å². The molecule has 0 unspecified atom stereocenters. The van der Waals surface area contributed by atoms with Gasteiger partial charge in [-0.05, 0) is 19.3 Å². The molecule has 3 heterocycles. The number of piperidine rings is 1. The summed E-state index contributed by atoms with van der Waals surface area (Å²) in [6.45, 7) is 0.221. The first kappa shape index (κ1) is 26.0. The lowest BCUT2D eigenvalue weighted by Crippen LogP contribution is -2.52. The number of benzene rings is 1. The minimum atomic E-state index is -1.43. The van der Waals surface area contributed by atoms with Crippen molar-refractivity contribution in [3.05, 3.63) is 29.0 Å². The summed E-state index contributed by atoms with van der Waals surface area (Å²) in [5, 5.41) is 22.8. The molecule has 5 rings (SSSR count). The molecule has 1 saturated carbocycles. The maximum absolute atomic E-state index is 15.0. The number of rotatable bonds is 7. The lowest BCUT2D eigenvalue weighted by molar-refractivity contribution is 0.150. The number of nitrogens with zero attached hydrogens (tertiary/aromatic N) is 6. The number of aromatic nitrogens is 4. The lowest BCUT2D eigenvalue weighted by atomic mass is 10.0. The highest BCUT2D eigenvalue weighted by Gasteiger charge is 2.32. The van der Waals surface area contributed by atoms with Gasteiger partial charge in [-0.25, -0.2) is 19.0 Å². The summed E-state index contributed by atoms with van der Waals surface area (Å²) in [5.41, 5.74) is 6.42. The van der Waals surface area contributed by atoms with E-state index in [1.807, 2.05) is 6.07 Å². The molecule has 2 amide bonds. The van der Waals surface area contributed by atoms with Crippen molar-refractivity contribution in [1.29, 1.82) is 5.26 Å². The summed E-state index contributed by atoms with van der Waals surface area (Å²) in [6.07, 6.45) is 0.417. The second kappa shape index (κ2) is 10.7. The number of alkyl halides is 1. The number of halogens is 2. The Morgan fingerprint density at radius 1 is 1.31 bits per heavy atom. The minimum Gasteiger partial charge on any atom is -0.453 e. The molecule has 16 heteroatoms. The molecule has 2 aromatic heterocycles. The fourth-order valence-corrected chi connectivity index (χ4v) is 4.50. The molecular formula is C23H24ClFN10O4. The van der Waals surface area contributed by atoms with Crippen molar-refractivity contribution in [1.82, 2.24) is 24.9 Å². The fourth-order valence-electron chi connectivity index (χ4n) is 4.22. The highest BCUT2D eigenvalue weighted by molar-refractivity contribution is 6.36. The van der Waals surface area contributed by atoms with Crippen molar-refractivity contribution in [3.8, 4) is 11.8 Å². The Morgan fingerprint density at radius 3 is 2.77 bits per heavy atom. The maximum atomic E-state index is 15.0. The molecule has 2 fully saturated rings. The van der Waals surface area contributed by atoms with Crippen LogP contribution in [-0.2, 0) is 4.74 Å². The van der Waals surface area contributed by atoms with E-state index in [9.17, 15) is 19.2 Å². The maximum Gasteiger partial charge on any atom is 0.409 e. The summed E-state index contributed by atoms with van der Waals surface area (Å²) in [4.78, 5) is 33.5. The van der Waals surface area contributed by atoms with E-state index < -0.39 is 24.4 Å². The normalized spacial score (nSPS) is 18.8. The van der Waals surface area contributed by atoms with E-state index in [1.165, 1.54) is 30.0 Å². The van der Waals surface area contributed by atoms with Gasteiger partial charge < -0.3 is 36.1 Å². The Balaban J connectivity index is 1.48. The Morgan fingerprint density at radius 2 is 2.10 bits per heavy atom. The van der Waals surface area contributed by atoms with Crippen molar-refractivity contribution in [2.45, 2.75) is 37.5 Å². The molecule has 2 atom stereocenters. The van der Waals surface area contributed by atoms with Gasteiger partial charge in [0.2, 0.25) is 5.95 Å². The first-order valence-electron chi connectivity index (χ1n) is 12.0. The van der Waals surface area contributed by atoms with Crippen LogP contribution >= 0.6 is 11.6 Å². The number of carbonyl (C=O) groups excluding carboxylic acids is 2. The van der Waals surface area contributed by atoms with Crippen molar-refractivity contribution in [3.63, 3.8) is 0 Å². The van der Waals surface area contributed by atoms with Crippen molar-refractivity contribution >= 4 is 52.6 Å². The number of nitrogens with two attached hydrogens (primary N) is 1. The monoisotopic (exact) mass is 558 g/mol. The van der Waals surface area contributed by atoms with Gasteiger partial charge in [0, 0.05) is 24.7 Å². The number of methoxy groups -OCH3 is 1. The van der Waals surface area contributed by atoms with Crippen LogP contribution in [0.2, 0.25) is 5.02 Å². The Labute approximate surface area is 226 Å². The van der Waals surface area contributed by atoms with Gasteiger partial charge in [-0.1, -0.05) is 11.6 Å². The summed E-state index contributed by atoms with van der Waals surface area (Å²) in [7, 11) is 1.20. The zero-order valence-corrected chi connectivity index (χ0v) is 21.4. The molecule has 1 aliphatic carbocycles. The van der Waals surface area contributed by atoms with Gasteiger partial charge in [-0.2, -0.15) is 14.8 Å². The van der Waals surface area contributed by atoms with Gasteiger partial charge in [0.05, 0.1) is 42.3 Å². The van der Waals surface area contributed by atoms with Crippen LogP contribution in [0.15, 0.2) is 18.3 Å². The number of fused-ring (bicyclic) bond motifs is 1. The van der Waals surface area contributed by atoms with Crippen LogP contribution < -0.4 is 31.3 Å². The van der Waals surface area contributed by atoms with Crippen molar-refractivity contribution in [2.24, 2.45) is 5.73 Å². The summed E-state index contributed by atoms with van der Waals surface area (Å²) >= 11 is 6.75. The van der Waals surface area contributed by atoms with Crippen LogP contribution in [0.4, 0.5) is 37.1 Å². The van der Waals surface area contributed by atoms with Gasteiger partial charge >= 0.3 is 12.2 Å². The van der Waals surface area contributed by atoms with Crippen LogP contribution in [0.25, 0.3) is 5.65 Å². The predicted octanol–water partition coefficient (Wildman–Crippen LogP) is 2.70. The van der Waals surface area contributed by atoms with Crippen LogP contribution in [0, 0.1) is 11.3 Å². The second-order valence-corrected chi connectivity index (χ2v) is 9.41. The summed E-state index contributed by atoms with van der Waals surface area (Å²) < 4.78 is 26.0. The van der Waals surface area contributed by atoms with E-state index in [2.05, 4.69) is 35.8 Å².